The number of hydrogen-bond acceptors (Lipinski definition) is 6. The number of thioether (sulfide) groups is 1. The molecule has 0 fully saturated rings. The summed E-state index contributed by atoms with van der Waals surface area (Å²) in [4.78, 5) is 14.0. The van der Waals surface area contributed by atoms with Gasteiger partial charge in [-0.25, -0.2) is 4.39 Å². The summed E-state index contributed by atoms with van der Waals surface area (Å²) in [5, 5.41) is 9.83. The van der Waals surface area contributed by atoms with Crippen molar-refractivity contribution < 1.29 is 23.2 Å². The summed E-state index contributed by atoms with van der Waals surface area (Å²) >= 11 is 2.32. The van der Waals surface area contributed by atoms with Crippen LogP contribution in [0.1, 0.15) is 26.7 Å². The number of phenolic OH excluding ortho intramolecular Hbond substituents is 1. The Morgan fingerprint density at radius 1 is 0.917 bits per heavy atom. The number of halogens is 1. The van der Waals surface area contributed by atoms with Crippen molar-refractivity contribution in [3.05, 3.63) is 120 Å². The van der Waals surface area contributed by atoms with Gasteiger partial charge >= 0.3 is 0 Å². The van der Waals surface area contributed by atoms with Crippen LogP contribution in [0.4, 0.5) is 4.39 Å². The summed E-state index contributed by atoms with van der Waals surface area (Å²) in [6.45, 7) is 0.374. The van der Waals surface area contributed by atoms with Crippen LogP contribution in [0.5, 0.6) is 17.2 Å². The molecule has 4 rings (SSSR count). The summed E-state index contributed by atoms with van der Waals surface area (Å²) in [6, 6.07) is 27.3. The minimum atomic E-state index is -0.714. The molecule has 0 heterocycles. The Labute approximate surface area is 240 Å². The molecule has 36 heavy (non-hydrogen) atoms. The SMILES string of the molecule is O=C(c1ccc(OSP)cc1)C(Sc1cc(OCc2ccccc2)ccc1O)c1ccc(F)cc1.[Tl]. The van der Waals surface area contributed by atoms with Crippen LogP contribution in [0.25, 0.3) is 0 Å². The van der Waals surface area contributed by atoms with Crippen molar-refractivity contribution in [3.8, 4) is 17.2 Å². The Morgan fingerprint density at radius 3 is 2.25 bits per heavy atom. The van der Waals surface area contributed by atoms with Crippen LogP contribution in [0, 0.1) is 5.82 Å². The van der Waals surface area contributed by atoms with E-state index in [4.69, 9.17) is 8.92 Å². The molecule has 4 aromatic carbocycles. The molecule has 0 aromatic heterocycles. The zero-order chi connectivity index (χ0) is 24.6. The van der Waals surface area contributed by atoms with Gasteiger partial charge in [0.25, 0.3) is 0 Å². The number of ketones is 1. The van der Waals surface area contributed by atoms with Crippen molar-refractivity contribution in [1.29, 1.82) is 0 Å². The smallest absolute Gasteiger partial charge is 0.180 e. The summed E-state index contributed by atoms with van der Waals surface area (Å²) < 4.78 is 24.8. The van der Waals surface area contributed by atoms with Gasteiger partial charge in [-0.1, -0.05) is 42.5 Å². The number of ether oxygens (including phenoxy) is 1. The molecule has 1 N–H and O–H groups in total. The second kappa shape index (κ2) is 14.0. The molecule has 0 saturated heterocycles. The minimum Gasteiger partial charge on any atom is -0.507 e. The number of carbonyl (C=O) groups excluding carboxylic acids is 1. The van der Waals surface area contributed by atoms with E-state index in [1.165, 1.54) is 23.9 Å². The standard InChI is InChI=1S/C27H22FO4PS2.Tl/c28-21-10-6-20(7-11-21)27(26(30)19-8-12-22(13-9-19)32-35-33)34-25-16-23(14-15-24(25)29)31-17-18-4-2-1-3-5-18;/h1-16,27,29H,17,33H2;. The quantitative estimate of drug-likeness (QED) is 0.0611. The molecule has 1 radical (unpaired) electrons. The first kappa shape index (κ1) is 28.5. The largest absolute Gasteiger partial charge is 0.507 e. The third-order valence-electron chi connectivity index (χ3n) is 5.12. The summed E-state index contributed by atoms with van der Waals surface area (Å²) in [7, 11) is 2.40. The first-order valence-electron chi connectivity index (χ1n) is 10.6. The van der Waals surface area contributed by atoms with Gasteiger partial charge in [-0.2, -0.15) is 0 Å². The average Bonchev–Trinajstić information content (AvgIpc) is 2.89. The number of carbonyl (C=O) groups is 1. The van der Waals surface area contributed by atoms with Gasteiger partial charge in [-0.05, 0) is 74.2 Å². The number of phenols is 1. The van der Waals surface area contributed by atoms with Crippen LogP contribution in [-0.4, -0.2) is 38.2 Å². The number of rotatable bonds is 10. The fourth-order valence-corrected chi connectivity index (χ4v) is 5.06. The van der Waals surface area contributed by atoms with Gasteiger partial charge in [0.15, 0.2) is 5.78 Å². The molecule has 0 amide bonds. The maximum atomic E-state index is 13.6. The number of hydrogen-bond donors (Lipinski definition) is 1. The van der Waals surface area contributed by atoms with Crippen molar-refractivity contribution in [2.24, 2.45) is 0 Å². The van der Waals surface area contributed by atoms with Crippen molar-refractivity contribution in [3.63, 3.8) is 0 Å². The molecule has 181 valence electrons. The molecule has 9 heteroatoms. The zero-order valence-corrected chi connectivity index (χ0v) is 26.3. The van der Waals surface area contributed by atoms with Crippen LogP contribution in [0.2, 0.25) is 0 Å². The van der Waals surface area contributed by atoms with E-state index in [0.29, 0.717) is 34.1 Å². The second-order valence-corrected chi connectivity index (χ2v) is 9.60. The normalized spacial score (nSPS) is 11.3. The zero-order valence-electron chi connectivity index (χ0n) is 19.0. The Bertz CT molecular complexity index is 1280. The van der Waals surface area contributed by atoms with Crippen LogP contribution in [-0.2, 0) is 6.61 Å². The number of benzene rings is 4. The summed E-state index contributed by atoms with van der Waals surface area (Å²) in [5.41, 5.74) is 2.11. The maximum Gasteiger partial charge on any atom is 0.180 e. The molecular formula is C27H22FO4PS2Tl. The molecule has 4 nitrogen and oxygen atoms in total. The van der Waals surface area contributed by atoms with Crippen LogP contribution < -0.4 is 8.92 Å². The van der Waals surface area contributed by atoms with Gasteiger partial charge < -0.3 is 14.0 Å². The van der Waals surface area contributed by atoms with Gasteiger partial charge in [0.1, 0.15) is 29.7 Å². The van der Waals surface area contributed by atoms with Crippen molar-refractivity contribution >= 4 is 64.9 Å². The Kier molecular flexibility index (Phi) is 11.1. The van der Waals surface area contributed by atoms with E-state index in [1.807, 2.05) is 30.3 Å². The van der Waals surface area contributed by atoms with Gasteiger partial charge in [0.2, 0.25) is 0 Å². The molecule has 4 aromatic rings. The van der Waals surface area contributed by atoms with Crippen LogP contribution in [0.3, 0.4) is 0 Å². The van der Waals surface area contributed by atoms with Gasteiger partial charge in [0, 0.05) is 32.9 Å². The van der Waals surface area contributed by atoms with E-state index in [9.17, 15) is 14.3 Å². The van der Waals surface area contributed by atoms with E-state index in [-0.39, 0.29) is 44.6 Å². The molecule has 0 aliphatic heterocycles. The number of Topliss-reactive ketones (excluding diaryl/α,β-unsaturated/α-hetero) is 1. The topological polar surface area (TPSA) is 55.8 Å². The van der Waals surface area contributed by atoms with Crippen LogP contribution >= 0.6 is 31.9 Å². The molecular weight excluding hydrogens is 707 g/mol. The van der Waals surface area contributed by atoms with Gasteiger partial charge in [-0.15, -0.1) is 11.8 Å². The molecule has 0 spiro atoms. The van der Waals surface area contributed by atoms with Crippen molar-refractivity contribution in [2.45, 2.75) is 16.8 Å². The molecule has 0 bridgehead atoms. The maximum absolute atomic E-state index is 13.6. The molecule has 2 unspecified atom stereocenters. The van der Waals surface area contributed by atoms with E-state index in [1.54, 1.807) is 54.6 Å². The van der Waals surface area contributed by atoms with E-state index < -0.39 is 5.25 Å². The Hall–Kier alpha value is -2.07. The predicted octanol–water partition coefficient (Wildman–Crippen LogP) is 7.26. The Morgan fingerprint density at radius 2 is 1.58 bits per heavy atom. The first-order valence-corrected chi connectivity index (χ1v) is 13.7. The molecule has 0 aliphatic carbocycles. The van der Waals surface area contributed by atoms with E-state index in [2.05, 4.69) is 8.44 Å². The molecule has 0 aliphatic rings. The van der Waals surface area contributed by atoms with Crippen molar-refractivity contribution in [2.75, 3.05) is 0 Å². The predicted molar refractivity (Wildman–Crippen MR) is 148 cm³/mol. The number of aromatic hydroxyl groups is 1. The summed E-state index contributed by atoms with van der Waals surface area (Å²) in [6.07, 6.45) is 0. The third-order valence-corrected chi connectivity index (χ3v) is 7.00. The van der Waals surface area contributed by atoms with E-state index >= 15 is 0 Å². The second-order valence-electron chi connectivity index (χ2n) is 7.52. The monoisotopic (exact) mass is 729 g/mol. The summed E-state index contributed by atoms with van der Waals surface area (Å²) in [5.74, 6) is 0.648. The van der Waals surface area contributed by atoms with Crippen molar-refractivity contribution in [1.82, 2.24) is 0 Å². The van der Waals surface area contributed by atoms with E-state index in [0.717, 1.165) is 17.2 Å². The Balaban J connectivity index is 0.00000361. The first-order chi connectivity index (χ1) is 17.0. The fourth-order valence-electron chi connectivity index (χ4n) is 3.34. The molecule has 2 atom stereocenters. The van der Waals surface area contributed by atoms with Gasteiger partial charge in [-0.3, -0.25) is 4.79 Å². The third kappa shape index (κ3) is 7.71. The van der Waals surface area contributed by atoms with Crippen LogP contribution in [0.15, 0.2) is 102 Å². The minimum absolute atomic E-state index is 0. The van der Waals surface area contributed by atoms with Gasteiger partial charge in [0.05, 0.1) is 21.8 Å². The molecule has 0 saturated carbocycles. The average molecular weight is 729 g/mol. The fraction of sp³-hybridized carbons (Fsp3) is 0.0741.